The Bertz CT molecular complexity index is 4670. The highest BCUT2D eigenvalue weighted by molar-refractivity contribution is 6.24. The number of hydrogen-bond acceptors (Lipinski definition) is 14. The van der Waals surface area contributed by atoms with Crippen molar-refractivity contribution in [3.05, 3.63) is 182 Å². The zero-order valence-electron chi connectivity index (χ0n) is 79.1. The van der Waals surface area contributed by atoms with Crippen LogP contribution >= 0.6 is 0 Å². The molecule has 16 bridgehead atoms. The summed E-state index contributed by atoms with van der Waals surface area (Å²) in [7, 11) is 0. The molecule has 0 aromatic heterocycles. The number of aliphatic imine (C=N–C) groups is 6. The Balaban J connectivity index is 0.950. The molecule has 14 nitrogen and oxygen atoms in total. The van der Waals surface area contributed by atoms with Crippen LogP contribution in [0.4, 0.5) is 0 Å². The summed E-state index contributed by atoms with van der Waals surface area (Å²) in [5.74, 6) is 14.5. The number of hydrogen-bond donors (Lipinski definition) is 4. The quantitative estimate of drug-likeness (QED) is 0.0263. The number of nitrogens with zero attached hydrogens (tertiary/aromatic N) is 6. The lowest BCUT2D eigenvalue weighted by atomic mass is 9.84. The van der Waals surface area contributed by atoms with Crippen molar-refractivity contribution in [3.63, 3.8) is 0 Å². The molecular weight excluding hydrogens is 1530 g/mol. The van der Waals surface area contributed by atoms with Gasteiger partial charge in [-0.1, -0.05) is 249 Å². The standard InChI is InChI=1S/C110H150N8O6/c1-17-25-29-33-37-39-43-47-53-77(51-45-41-35-31-27-19-3)67-123-99(121)59-57-83-73(13)105-85(103-71(11)81(23-7)95(115-103)63-89-69(9)79(21-5)93(111-89)65-91-75(15)101-97(119)61-87(107(83)117-105)109(101)113-91)55-49-50-56-86-104-72(12)82(24-8)96(116-104)64-90-70(10)80(22-6)94(112-90)66-92-76(16)102-98(120)62-88(110(102)114-92)108-84(74(14)106(86)118-108)58-60-100(122)124-68-78(52-46-42-36-32-28-20-4)54-48-44-40-38-34-30-26-18-2/h63-66,73-74,77-78,83-84,117-120H,17-48,51-54,57-62,67-68H2,1-16H3/t73-,74-,77?,78?,83-,84-/m0/s1. The molecular formula is C110H150N8O6. The summed E-state index contributed by atoms with van der Waals surface area (Å²) in [5.41, 5.74) is 28.6. The Hall–Kier alpha value is -8.88. The predicted octanol–water partition coefficient (Wildman–Crippen LogP) is 28.3. The SMILES string of the molecule is CCCCCCCCCCC(CCCCCCCC)COC(=O)CC[C@@H]1C2=C3CC(O)=C4C3=NC(=C4C)C=C3N=C(C=C4N=C(C(C)=C4CC)C(C#CC#CC4=C5NC(=C6CC(O)=C7C6=NC(=C7C)C=C6N=C(C=C7N=C4C(C)=C7CC)C(C)=C6CC)[C@@H](CCC(=O)OCC(CCCCCCCC)CCCCCCCCCC)[C@@H]5C)=C(N2)[C@H]1C)C(C)=C3CC. The largest absolute Gasteiger partial charge is 0.511 e. The fraction of sp³-hybridized carbons (Fsp3) is 0.600. The summed E-state index contributed by atoms with van der Waals surface area (Å²) >= 11 is 0. The first-order valence-electron chi connectivity index (χ1n) is 49.5. The van der Waals surface area contributed by atoms with Crippen LogP contribution in [0.1, 0.15) is 380 Å². The summed E-state index contributed by atoms with van der Waals surface area (Å²) in [6, 6.07) is 0. The van der Waals surface area contributed by atoms with Crippen LogP contribution in [0.5, 0.6) is 0 Å². The van der Waals surface area contributed by atoms with Crippen LogP contribution in [0, 0.1) is 59.2 Å². The average Bonchev–Trinajstić information content (AvgIpc) is 1.58. The van der Waals surface area contributed by atoms with Crippen LogP contribution in [0.2, 0.25) is 0 Å². The number of ether oxygens (including phenoxy) is 2. The van der Waals surface area contributed by atoms with Crippen LogP contribution in [-0.4, -0.2) is 69.6 Å². The lowest BCUT2D eigenvalue weighted by Crippen LogP contribution is -2.18. The van der Waals surface area contributed by atoms with Crippen molar-refractivity contribution < 1.29 is 29.3 Å². The van der Waals surface area contributed by atoms with Crippen molar-refractivity contribution in [3.8, 4) is 23.7 Å². The van der Waals surface area contributed by atoms with Crippen LogP contribution in [0.15, 0.2) is 212 Å². The summed E-state index contributed by atoms with van der Waals surface area (Å²) in [6.07, 6.45) is 52.9. The van der Waals surface area contributed by atoms with E-state index in [-0.39, 0.29) is 72.8 Å². The van der Waals surface area contributed by atoms with Crippen molar-refractivity contribution in [1.29, 1.82) is 0 Å². The van der Waals surface area contributed by atoms with Gasteiger partial charge in [-0.25, -0.2) is 30.0 Å². The van der Waals surface area contributed by atoms with Gasteiger partial charge in [-0.2, -0.15) is 0 Å². The summed E-state index contributed by atoms with van der Waals surface area (Å²) < 4.78 is 12.9. The zero-order chi connectivity index (χ0) is 88.1. The molecule has 2 fully saturated rings. The van der Waals surface area contributed by atoms with E-state index < -0.39 is 0 Å². The van der Waals surface area contributed by atoms with Crippen molar-refractivity contribution >= 4 is 46.2 Å². The lowest BCUT2D eigenvalue weighted by Gasteiger charge is -2.19. The first-order valence-corrected chi connectivity index (χ1v) is 49.5. The highest BCUT2D eigenvalue weighted by atomic mass is 16.5. The fourth-order valence-corrected chi connectivity index (χ4v) is 21.3. The molecule has 0 radical (unpaired) electrons. The molecule has 2 unspecified atom stereocenters. The van der Waals surface area contributed by atoms with E-state index >= 15 is 0 Å². The molecule has 0 spiro atoms. The highest BCUT2D eigenvalue weighted by Gasteiger charge is 2.46. The van der Waals surface area contributed by atoms with E-state index in [1.54, 1.807) is 0 Å². The highest BCUT2D eigenvalue weighted by Crippen LogP contribution is 2.51. The topological polar surface area (TPSA) is 191 Å². The molecule has 0 aromatic rings. The van der Waals surface area contributed by atoms with E-state index in [1.165, 1.54) is 154 Å². The lowest BCUT2D eigenvalue weighted by molar-refractivity contribution is -0.146. The Morgan fingerprint density at radius 2 is 0.694 bits per heavy atom. The van der Waals surface area contributed by atoms with Gasteiger partial charge in [0.1, 0.15) is 11.5 Å². The van der Waals surface area contributed by atoms with E-state index in [9.17, 15) is 19.8 Å². The Labute approximate surface area is 746 Å². The molecule has 0 saturated carbocycles. The number of unbranched alkanes of at least 4 members (excludes halogenated alkanes) is 24. The number of nitrogens with one attached hydrogen (secondary N) is 2. The molecule has 12 rings (SSSR count). The molecule has 0 amide bonds. The van der Waals surface area contributed by atoms with Crippen molar-refractivity contribution in [1.82, 2.24) is 10.6 Å². The number of carbonyl (C=O) groups is 2. The molecule has 12 aliphatic rings. The van der Waals surface area contributed by atoms with Gasteiger partial charge in [0.05, 0.1) is 92.8 Å². The number of rotatable bonds is 46. The van der Waals surface area contributed by atoms with Gasteiger partial charge in [0.25, 0.3) is 0 Å². The van der Waals surface area contributed by atoms with E-state index in [4.69, 9.17) is 39.4 Å². The van der Waals surface area contributed by atoms with E-state index in [0.29, 0.717) is 61.9 Å². The third-order valence-electron chi connectivity index (χ3n) is 28.9. The Kier molecular flexibility index (Phi) is 34.6. The fourth-order valence-electron chi connectivity index (χ4n) is 21.3. The van der Waals surface area contributed by atoms with Gasteiger partial charge in [0, 0.05) is 94.4 Å². The predicted molar refractivity (Wildman–Crippen MR) is 516 cm³/mol. The van der Waals surface area contributed by atoms with Gasteiger partial charge in [-0.3, -0.25) is 9.59 Å². The Morgan fingerprint density at radius 3 is 1.02 bits per heavy atom. The van der Waals surface area contributed by atoms with Gasteiger partial charge in [-0.05, 0) is 221 Å². The van der Waals surface area contributed by atoms with Gasteiger partial charge >= 0.3 is 11.9 Å². The third kappa shape index (κ3) is 22.0. The molecule has 14 heteroatoms. The van der Waals surface area contributed by atoms with Gasteiger partial charge < -0.3 is 30.3 Å². The van der Waals surface area contributed by atoms with Crippen molar-refractivity contribution in [2.75, 3.05) is 13.2 Å². The van der Waals surface area contributed by atoms with Crippen molar-refractivity contribution in [2.45, 2.75) is 380 Å². The van der Waals surface area contributed by atoms with Crippen LogP contribution in [0.25, 0.3) is 0 Å². The number of esters is 2. The molecule has 4 N–H and O–H groups in total. The molecule has 0 aromatic carbocycles. The third-order valence-corrected chi connectivity index (χ3v) is 28.9. The summed E-state index contributed by atoms with van der Waals surface area (Å²) in [4.78, 5) is 62.4. The maximum atomic E-state index is 14.7. The Morgan fingerprint density at radius 1 is 0.387 bits per heavy atom. The minimum absolute atomic E-state index is 0.181. The second kappa shape index (κ2) is 45.5. The van der Waals surface area contributed by atoms with Gasteiger partial charge in [0.15, 0.2) is 0 Å². The molecule has 666 valence electrons. The second-order valence-electron chi connectivity index (χ2n) is 37.5. The smallest absolute Gasteiger partial charge is 0.305 e. The second-order valence-corrected chi connectivity index (χ2v) is 37.5. The number of fused-ring (bicyclic) bond motifs is 10. The summed E-state index contributed by atoms with van der Waals surface area (Å²) in [5, 5.41) is 32.8. The molecule has 124 heavy (non-hydrogen) atoms. The minimum Gasteiger partial charge on any atom is -0.511 e. The molecule has 2 aliphatic carbocycles. The number of allylic oxidation sites excluding steroid dienone is 24. The van der Waals surface area contributed by atoms with Gasteiger partial charge in [0.2, 0.25) is 0 Å². The minimum atomic E-state index is -0.226. The summed E-state index contributed by atoms with van der Waals surface area (Å²) in [6.45, 7) is 36.0. The maximum absolute atomic E-state index is 14.7. The van der Waals surface area contributed by atoms with Crippen molar-refractivity contribution in [2.24, 2.45) is 65.5 Å². The van der Waals surface area contributed by atoms with E-state index in [1.807, 2.05) is 0 Å². The number of carbonyl (C=O) groups excluding carboxylic acids is 2. The molecule has 10 heterocycles. The first-order chi connectivity index (χ1) is 60.2. The normalized spacial score (nSPS) is 21.2. The molecule has 10 aliphatic heterocycles. The van der Waals surface area contributed by atoms with Crippen LogP contribution in [-0.2, 0) is 19.1 Å². The van der Waals surface area contributed by atoms with Crippen LogP contribution < -0.4 is 10.6 Å². The van der Waals surface area contributed by atoms with E-state index in [2.05, 4.69) is 169 Å². The zero-order valence-corrected chi connectivity index (χ0v) is 79.1. The first kappa shape index (κ1) is 94.3. The van der Waals surface area contributed by atoms with Gasteiger partial charge in [-0.15, -0.1) is 0 Å². The number of aliphatic hydroxyl groups excluding tert-OH is 2. The molecule has 2 saturated heterocycles. The maximum Gasteiger partial charge on any atom is 0.305 e. The van der Waals surface area contributed by atoms with E-state index in [0.717, 1.165) is 233 Å². The number of aliphatic hydroxyl groups is 2. The average molecular weight is 1680 g/mol. The molecule has 6 atom stereocenters. The monoisotopic (exact) mass is 1680 g/mol. The van der Waals surface area contributed by atoms with Crippen LogP contribution in [0.3, 0.4) is 0 Å².